The number of rotatable bonds is 6. The Morgan fingerprint density at radius 3 is 2.00 bits per heavy atom. The number of carbonyl (C=O) groups excluding carboxylic acids is 2. The van der Waals surface area contributed by atoms with Gasteiger partial charge in [0.2, 0.25) is 0 Å². The number of carbonyl (C=O) groups is 2. The largest absolute Gasteiger partial charge is 0.418 e. The highest BCUT2D eigenvalue weighted by Gasteiger charge is 2.35. The van der Waals surface area contributed by atoms with Crippen LogP contribution in [0.3, 0.4) is 0 Å². The van der Waals surface area contributed by atoms with Crippen LogP contribution in [0.1, 0.15) is 42.5 Å². The lowest BCUT2D eigenvalue weighted by Gasteiger charge is -2.27. The van der Waals surface area contributed by atoms with Gasteiger partial charge in [-0.25, -0.2) is 4.79 Å². The smallest absolute Gasteiger partial charge is 0.324 e. The number of urea groups is 1. The normalized spacial score (nSPS) is 12.2. The van der Waals surface area contributed by atoms with Crippen molar-refractivity contribution in [3.8, 4) is 0 Å². The third-order valence-electron chi connectivity index (χ3n) is 5.13. The maximum absolute atomic E-state index is 13.4. The van der Waals surface area contributed by atoms with Crippen LogP contribution in [0.5, 0.6) is 0 Å². The van der Waals surface area contributed by atoms with Crippen LogP contribution in [-0.2, 0) is 11.0 Å². The average Bonchev–Trinajstić information content (AvgIpc) is 2.79. The Hall–Kier alpha value is -3.46. The van der Waals surface area contributed by atoms with Crippen LogP contribution in [0.2, 0.25) is 0 Å². The molecule has 0 radical (unpaired) electrons. The highest BCUT2D eigenvalue weighted by molar-refractivity contribution is 7.78. The Bertz CT molecular complexity index is 1150. The predicted octanol–water partition coefficient (Wildman–Crippen LogP) is 6.89. The maximum atomic E-state index is 13.4. The Kier molecular flexibility index (Phi) is 7.88. The van der Waals surface area contributed by atoms with Crippen molar-refractivity contribution in [1.29, 1.82) is 0 Å². The number of anilines is 2. The molecule has 0 aromatic heterocycles. The summed E-state index contributed by atoms with van der Waals surface area (Å²) in [6.07, 6.45) is -4.66. The first-order chi connectivity index (χ1) is 16.1. The lowest BCUT2D eigenvalue weighted by molar-refractivity contribution is -0.137. The molecule has 0 saturated carbocycles. The number of nitrogens with zero attached hydrogens (tertiary/aromatic N) is 1. The van der Waals surface area contributed by atoms with Gasteiger partial charge in [0, 0.05) is 5.69 Å². The van der Waals surface area contributed by atoms with Crippen molar-refractivity contribution in [2.75, 3.05) is 10.6 Å². The van der Waals surface area contributed by atoms with E-state index in [1.807, 2.05) is 26.0 Å². The number of hydrogen-bond acceptors (Lipinski definition) is 3. The van der Waals surface area contributed by atoms with Crippen LogP contribution in [0.4, 0.5) is 29.3 Å². The quantitative estimate of drug-likeness (QED) is 0.332. The Morgan fingerprint density at radius 2 is 1.38 bits per heavy atom. The second-order valence-corrected chi connectivity index (χ2v) is 8.29. The van der Waals surface area contributed by atoms with E-state index >= 15 is 0 Å². The molecule has 9 heteroatoms. The first kappa shape index (κ1) is 25.2. The third kappa shape index (κ3) is 5.91. The van der Waals surface area contributed by atoms with Crippen molar-refractivity contribution < 1.29 is 22.8 Å². The first-order valence-corrected chi connectivity index (χ1v) is 10.9. The van der Waals surface area contributed by atoms with E-state index in [0.717, 1.165) is 22.0 Å². The lowest BCUT2D eigenvalue weighted by atomic mass is 10.0. The van der Waals surface area contributed by atoms with Crippen LogP contribution >= 0.6 is 12.8 Å². The average molecular weight is 488 g/mol. The summed E-state index contributed by atoms with van der Waals surface area (Å²) in [5.41, 5.74) is 0.481. The maximum Gasteiger partial charge on any atom is 0.418 e. The molecule has 1 atom stereocenters. The second kappa shape index (κ2) is 10.6. The minimum absolute atomic E-state index is 0.126. The predicted molar refractivity (Wildman–Crippen MR) is 130 cm³/mol. The van der Waals surface area contributed by atoms with E-state index in [-0.39, 0.29) is 5.92 Å². The number of thiol groups is 1. The molecule has 3 amide bonds. The van der Waals surface area contributed by atoms with Gasteiger partial charge in [-0.3, -0.25) is 9.10 Å². The topological polar surface area (TPSA) is 61.4 Å². The van der Waals surface area contributed by atoms with Crippen molar-refractivity contribution in [2.24, 2.45) is 0 Å². The molecule has 0 saturated heterocycles. The van der Waals surface area contributed by atoms with E-state index in [0.29, 0.717) is 11.3 Å². The number of nitrogens with one attached hydrogen (secondary N) is 2. The summed E-state index contributed by atoms with van der Waals surface area (Å²) in [4.78, 5) is 26.3. The van der Waals surface area contributed by atoms with Crippen molar-refractivity contribution >= 4 is 36.1 Å². The van der Waals surface area contributed by atoms with Crippen LogP contribution in [0.25, 0.3) is 0 Å². The molecule has 0 aliphatic rings. The number of para-hydroxylation sites is 2. The summed E-state index contributed by atoms with van der Waals surface area (Å²) in [6.45, 7) is 3.96. The van der Waals surface area contributed by atoms with Gasteiger partial charge < -0.3 is 10.6 Å². The van der Waals surface area contributed by atoms with Gasteiger partial charge in [0.15, 0.2) is 0 Å². The molecule has 178 valence electrons. The van der Waals surface area contributed by atoms with E-state index in [1.165, 1.54) is 12.1 Å². The van der Waals surface area contributed by atoms with E-state index < -0.39 is 35.4 Å². The molecule has 1 unspecified atom stereocenters. The van der Waals surface area contributed by atoms with Crippen LogP contribution in [0.15, 0.2) is 78.9 Å². The fraction of sp³-hybridized carbons (Fsp3) is 0.200. The molecule has 3 rings (SSSR count). The molecule has 3 aromatic rings. The van der Waals surface area contributed by atoms with E-state index in [9.17, 15) is 22.8 Å². The monoisotopic (exact) mass is 487 g/mol. The SMILES string of the molecule is CC(C)c1ccccc1NC(=O)C(c1ccccc1)N(S)C(=O)Nc1ccccc1C(F)(F)F. The van der Waals surface area contributed by atoms with Crippen molar-refractivity contribution in [3.05, 3.63) is 95.6 Å². The van der Waals surface area contributed by atoms with Crippen LogP contribution in [-0.4, -0.2) is 16.2 Å². The summed E-state index contributed by atoms with van der Waals surface area (Å²) in [7, 11) is 0. The molecule has 0 aliphatic carbocycles. The number of amides is 3. The van der Waals surface area contributed by atoms with Crippen LogP contribution < -0.4 is 10.6 Å². The van der Waals surface area contributed by atoms with Gasteiger partial charge in [0.05, 0.1) is 11.3 Å². The van der Waals surface area contributed by atoms with Gasteiger partial charge in [-0.15, -0.1) is 0 Å². The Balaban J connectivity index is 1.91. The van der Waals surface area contributed by atoms with Crippen molar-refractivity contribution in [1.82, 2.24) is 4.31 Å². The fourth-order valence-corrected chi connectivity index (χ4v) is 3.77. The summed E-state index contributed by atoms with van der Waals surface area (Å²) in [5.74, 6) is -0.436. The summed E-state index contributed by atoms with van der Waals surface area (Å²) in [6, 6.07) is 18.1. The molecular weight excluding hydrogens is 463 g/mol. The second-order valence-electron chi connectivity index (χ2n) is 7.86. The molecule has 0 bridgehead atoms. The zero-order valence-corrected chi connectivity index (χ0v) is 19.4. The van der Waals surface area contributed by atoms with E-state index in [4.69, 9.17) is 0 Å². The van der Waals surface area contributed by atoms with Gasteiger partial charge in [0.1, 0.15) is 6.04 Å². The minimum Gasteiger partial charge on any atom is -0.324 e. The summed E-state index contributed by atoms with van der Waals surface area (Å²) in [5, 5.41) is 5.06. The molecule has 0 fully saturated rings. The first-order valence-electron chi connectivity index (χ1n) is 10.5. The highest BCUT2D eigenvalue weighted by Crippen LogP contribution is 2.35. The minimum atomic E-state index is -4.66. The lowest BCUT2D eigenvalue weighted by Crippen LogP contribution is -2.38. The summed E-state index contributed by atoms with van der Waals surface area (Å²) < 4.78 is 40.8. The standard InChI is InChI=1S/C25H24F3N3O2S/c1-16(2)18-12-6-8-14-20(18)29-23(32)22(17-10-4-3-5-11-17)31(34)24(33)30-21-15-9-7-13-19(21)25(26,27)28/h3-16,22,34H,1-2H3,(H,29,32)(H,30,33). The molecule has 2 N–H and O–H groups in total. The van der Waals surface area contributed by atoms with E-state index in [1.54, 1.807) is 42.5 Å². The molecule has 3 aromatic carbocycles. The third-order valence-corrected chi connectivity index (χ3v) is 5.54. The van der Waals surface area contributed by atoms with Gasteiger partial charge in [-0.05, 0) is 35.2 Å². The van der Waals surface area contributed by atoms with Crippen molar-refractivity contribution in [2.45, 2.75) is 32.0 Å². The number of hydrogen-bond donors (Lipinski definition) is 3. The number of halogens is 3. The zero-order chi connectivity index (χ0) is 24.9. The molecule has 0 aliphatic heterocycles. The summed E-state index contributed by atoms with van der Waals surface area (Å²) >= 11 is 4.22. The highest BCUT2D eigenvalue weighted by atomic mass is 32.1. The van der Waals surface area contributed by atoms with Gasteiger partial charge in [-0.1, -0.05) is 87.3 Å². The van der Waals surface area contributed by atoms with Crippen LogP contribution in [0, 0.1) is 0 Å². The number of alkyl halides is 3. The van der Waals surface area contributed by atoms with E-state index in [2.05, 4.69) is 23.4 Å². The molecule has 5 nitrogen and oxygen atoms in total. The molecular formula is C25H24F3N3O2S. The molecule has 34 heavy (non-hydrogen) atoms. The van der Waals surface area contributed by atoms with Gasteiger partial charge in [0.25, 0.3) is 5.91 Å². The molecule has 0 heterocycles. The Morgan fingerprint density at radius 1 is 0.824 bits per heavy atom. The van der Waals surface area contributed by atoms with Gasteiger partial charge in [-0.2, -0.15) is 13.2 Å². The fourth-order valence-electron chi connectivity index (χ4n) is 3.48. The number of benzene rings is 3. The van der Waals surface area contributed by atoms with Crippen molar-refractivity contribution in [3.63, 3.8) is 0 Å². The van der Waals surface area contributed by atoms with Gasteiger partial charge >= 0.3 is 12.2 Å². The Labute approximate surface area is 201 Å². The molecule has 0 spiro atoms. The zero-order valence-electron chi connectivity index (χ0n) is 18.5.